The number of esters is 1. The van der Waals surface area contributed by atoms with E-state index in [4.69, 9.17) is 4.74 Å². The summed E-state index contributed by atoms with van der Waals surface area (Å²) in [6.07, 6.45) is 5.16. The third-order valence-electron chi connectivity index (χ3n) is 5.19. The number of nitrogens with one attached hydrogen (secondary N) is 1. The van der Waals surface area contributed by atoms with Crippen molar-refractivity contribution in [2.45, 2.75) is 25.3 Å². The highest BCUT2D eigenvalue weighted by Crippen LogP contribution is 2.16. The lowest BCUT2D eigenvalue weighted by atomic mass is 10.0. The van der Waals surface area contributed by atoms with E-state index in [-0.39, 0.29) is 0 Å². The van der Waals surface area contributed by atoms with E-state index in [9.17, 15) is 14.7 Å². The van der Waals surface area contributed by atoms with E-state index in [0.29, 0.717) is 5.56 Å². The summed E-state index contributed by atoms with van der Waals surface area (Å²) in [5.74, 6) is 4.38. The van der Waals surface area contributed by atoms with Crippen molar-refractivity contribution < 1.29 is 24.2 Å². The van der Waals surface area contributed by atoms with Crippen LogP contribution in [0.4, 0.5) is 0 Å². The van der Waals surface area contributed by atoms with Gasteiger partial charge in [-0.25, -0.2) is 4.79 Å². The van der Waals surface area contributed by atoms with Crippen molar-refractivity contribution in [3.8, 4) is 11.8 Å². The van der Waals surface area contributed by atoms with Crippen molar-refractivity contribution >= 4 is 11.9 Å². The number of methoxy groups -OCH3 is 1. The van der Waals surface area contributed by atoms with E-state index in [1.165, 1.54) is 11.1 Å². The fourth-order valence-corrected chi connectivity index (χ4v) is 3.34. The molecule has 0 fully saturated rings. The second-order valence-corrected chi connectivity index (χ2v) is 7.64. The first-order chi connectivity index (χ1) is 16.0. The summed E-state index contributed by atoms with van der Waals surface area (Å²) in [5.41, 5.74) is 4.63. The normalized spacial score (nSPS) is 14.0. The minimum absolute atomic E-state index is 0.318. The van der Waals surface area contributed by atoms with E-state index in [1.807, 2.05) is 12.1 Å². The zero-order valence-corrected chi connectivity index (χ0v) is 18.6. The summed E-state index contributed by atoms with van der Waals surface area (Å²) in [4.78, 5) is 24.0. The Labute approximate surface area is 193 Å². The van der Waals surface area contributed by atoms with Crippen LogP contribution in [0.25, 0.3) is 0 Å². The highest BCUT2D eigenvalue weighted by molar-refractivity contribution is 5.97. The summed E-state index contributed by atoms with van der Waals surface area (Å²) in [6.45, 7) is 4.88. The van der Waals surface area contributed by atoms with Gasteiger partial charge >= 0.3 is 5.97 Å². The van der Waals surface area contributed by atoms with E-state index in [0.717, 1.165) is 50.7 Å². The molecule has 1 amide bonds. The number of aliphatic hydroxyl groups excluding tert-OH is 1. The van der Waals surface area contributed by atoms with Gasteiger partial charge in [0.2, 0.25) is 0 Å². The first-order valence-corrected chi connectivity index (χ1v) is 10.7. The van der Waals surface area contributed by atoms with E-state index >= 15 is 0 Å². The molecule has 0 radical (unpaired) electrons. The molecule has 1 unspecified atom stereocenters. The third kappa shape index (κ3) is 7.09. The van der Waals surface area contributed by atoms with Gasteiger partial charge in [-0.2, -0.15) is 0 Å². The Balaban J connectivity index is 1.60. The first kappa shape index (κ1) is 23.8. The largest absolute Gasteiger partial charge is 0.510 e. The van der Waals surface area contributed by atoms with Crippen LogP contribution in [-0.4, -0.2) is 43.3 Å². The minimum atomic E-state index is -1.32. The van der Waals surface area contributed by atoms with Gasteiger partial charge in [-0.3, -0.25) is 4.79 Å². The van der Waals surface area contributed by atoms with Crippen molar-refractivity contribution in [1.82, 2.24) is 5.32 Å². The topological polar surface area (TPSA) is 84.9 Å². The van der Waals surface area contributed by atoms with Crippen molar-refractivity contribution in [2.75, 3.05) is 20.3 Å². The lowest BCUT2D eigenvalue weighted by molar-refractivity contribution is -0.142. The molecule has 1 heterocycles. The van der Waals surface area contributed by atoms with Gasteiger partial charge in [-0.1, -0.05) is 42.2 Å². The molecule has 33 heavy (non-hydrogen) atoms. The van der Waals surface area contributed by atoms with Crippen LogP contribution in [0.5, 0.6) is 0 Å². The second-order valence-electron chi connectivity index (χ2n) is 7.64. The van der Waals surface area contributed by atoms with Crippen LogP contribution >= 0.6 is 0 Å². The average Bonchev–Trinajstić information content (AvgIpc) is 3.10. The van der Waals surface area contributed by atoms with Crippen molar-refractivity contribution in [3.63, 3.8) is 0 Å². The molecule has 0 aliphatic carbocycles. The number of benzene rings is 2. The maximum atomic E-state index is 12.3. The molecule has 1 atom stereocenters. The molecule has 0 aromatic heterocycles. The van der Waals surface area contributed by atoms with Crippen LogP contribution in [0.1, 0.15) is 39.9 Å². The van der Waals surface area contributed by atoms with E-state index in [2.05, 4.69) is 46.7 Å². The van der Waals surface area contributed by atoms with Crippen LogP contribution in [0.3, 0.4) is 0 Å². The third-order valence-corrected chi connectivity index (χ3v) is 5.19. The maximum Gasteiger partial charge on any atom is 0.336 e. The summed E-state index contributed by atoms with van der Waals surface area (Å²) in [6, 6.07) is 13.5. The van der Waals surface area contributed by atoms with Gasteiger partial charge in [-0.05, 0) is 61.2 Å². The Bertz CT molecular complexity index is 1090. The van der Waals surface area contributed by atoms with Gasteiger partial charge < -0.3 is 19.9 Å². The van der Waals surface area contributed by atoms with Crippen LogP contribution in [0, 0.1) is 11.8 Å². The molecule has 6 nitrogen and oxygen atoms in total. The monoisotopic (exact) mass is 445 g/mol. The molecule has 0 spiro atoms. The minimum Gasteiger partial charge on any atom is -0.510 e. The average molecular weight is 446 g/mol. The Morgan fingerprint density at radius 3 is 2.33 bits per heavy atom. The van der Waals surface area contributed by atoms with Crippen LogP contribution in [-0.2, 0) is 20.7 Å². The highest BCUT2D eigenvalue weighted by atomic mass is 16.5. The number of rotatable bonds is 6. The second kappa shape index (κ2) is 11.7. The number of carbonyl (C=O) groups is 2. The number of hydrogen-bond acceptors (Lipinski definition) is 5. The molecule has 0 bridgehead atoms. The Morgan fingerprint density at radius 1 is 1.09 bits per heavy atom. The molecule has 0 saturated heterocycles. The van der Waals surface area contributed by atoms with Gasteiger partial charge in [0.25, 0.3) is 5.91 Å². The zero-order chi connectivity index (χ0) is 23.6. The molecule has 0 saturated carbocycles. The van der Waals surface area contributed by atoms with Crippen LogP contribution in [0.15, 0.2) is 72.5 Å². The van der Waals surface area contributed by atoms with Crippen molar-refractivity contribution in [2.24, 2.45) is 0 Å². The number of amides is 1. The Hall–Kier alpha value is -3.82. The molecule has 2 N–H and O–H groups in total. The number of carbonyl (C=O) groups excluding carboxylic acids is 2. The predicted molar refractivity (Wildman–Crippen MR) is 126 cm³/mol. The van der Waals surface area contributed by atoms with Gasteiger partial charge in [-0.15, -0.1) is 0 Å². The first-order valence-electron chi connectivity index (χ1n) is 10.7. The molecular weight excluding hydrogens is 418 g/mol. The molecule has 3 rings (SSSR count). The molecular formula is C27H27NO5. The molecule has 1 aliphatic rings. The van der Waals surface area contributed by atoms with E-state index < -0.39 is 23.7 Å². The number of hydrogen-bond donors (Lipinski definition) is 2. The van der Waals surface area contributed by atoms with Crippen molar-refractivity contribution in [3.05, 3.63) is 94.8 Å². The van der Waals surface area contributed by atoms with Gasteiger partial charge in [0, 0.05) is 16.7 Å². The fourth-order valence-electron chi connectivity index (χ4n) is 3.34. The van der Waals surface area contributed by atoms with Gasteiger partial charge in [0.15, 0.2) is 6.04 Å². The maximum absolute atomic E-state index is 12.3. The zero-order valence-electron chi connectivity index (χ0n) is 18.6. The smallest absolute Gasteiger partial charge is 0.336 e. The summed E-state index contributed by atoms with van der Waals surface area (Å²) < 4.78 is 10.0. The fraction of sp³-hybridized carbons (Fsp3) is 0.259. The molecule has 170 valence electrons. The Kier molecular flexibility index (Phi) is 8.45. The predicted octanol–water partition coefficient (Wildman–Crippen LogP) is 3.71. The van der Waals surface area contributed by atoms with Crippen molar-refractivity contribution in [1.29, 1.82) is 0 Å². The van der Waals surface area contributed by atoms with E-state index in [1.54, 1.807) is 24.3 Å². The molecule has 2 aromatic rings. The highest BCUT2D eigenvalue weighted by Gasteiger charge is 2.24. The van der Waals surface area contributed by atoms with Crippen LogP contribution < -0.4 is 5.32 Å². The van der Waals surface area contributed by atoms with Gasteiger partial charge in [0.05, 0.1) is 20.3 Å². The molecule has 2 aromatic carbocycles. The van der Waals surface area contributed by atoms with Gasteiger partial charge in [0.1, 0.15) is 5.76 Å². The molecule has 6 heteroatoms. The lowest BCUT2D eigenvalue weighted by Crippen LogP contribution is -2.42. The van der Waals surface area contributed by atoms with Crippen LogP contribution in [0.2, 0.25) is 0 Å². The summed E-state index contributed by atoms with van der Waals surface area (Å²) in [7, 11) is 1.16. The summed E-state index contributed by atoms with van der Waals surface area (Å²) >= 11 is 0. The number of aliphatic hydroxyl groups is 1. The molecule has 1 aliphatic heterocycles. The number of ether oxygens (including phenoxy) is 2. The lowest BCUT2D eigenvalue weighted by Gasteiger charge is -2.15. The SMILES string of the molecule is C=C(O)C(NC(=O)c1ccc(C#Cc2ccc(CC3=CCCOCC3)cc2)cc1)C(=O)OC. The quantitative estimate of drug-likeness (QED) is 0.307. The summed E-state index contributed by atoms with van der Waals surface area (Å²) in [5, 5.41) is 11.9. The standard InChI is InChI=1S/C27H27NO5/c1-19(29)25(27(31)32-2)28-26(30)24-13-11-21(12-14-24)6-5-20-7-9-23(10-8-20)18-22-4-3-16-33-17-15-22/h4,7-14,25,29H,1,3,15-18H2,2H3,(H,28,30). The Morgan fingerprint density at radius 2 is 1.73 bits per heavy atom.